The number of aromatic nitrogens is 2. The third-order valence-corrected chi connectivity index (χ3v) is 6.41. The number of anilines is 1. The number of amides is 1. The molecule has 0 spiro atoms. The zero-order valence-corrected chi connectivity index (χ0v) is 18.0. The van der Waals surface area contributed by atoms with Crippen LogP contribution in [-0.2, 0) is 11.3 Å². The number of benzene rings is 2. The van der Waals surface area contributed by atoms with Gasteiger partial charge >= 0.3 is 0 Å². The van der Waals surface area contributed by atoms with Gasteiger partial charge in [-0.2, -0.15) is 0 Å². The third-order valence-electron chi connectivity index (χ3n) is 5.61. The lowest BCUT2D eigenvalue weighted by atomic mass is 10.0. The molecule has 160 valence electrons. The molecule has 0 unspecified atom stereocenters. The summed E-state index contributed by atoms with van der Waals surface area (Å²) in [5, 5.41) is 8.70. The van der Waals surface area contributed by atoms with Crippen LogP contribution < -0.4 is 9.64 Å². The lowest BCUT2D eigenvalue weighted by Gasteiger charge is -2.37. The number of nitrogens with zero attached hydrogens (tertiary/aromatic N) is 4. The van der Waals surface area contributed by atoms with Crippen LogP contribution in [0, 0.1) is 0 Å². The van der Waals surface area contributed by atoms with Crippen LogP contribution >= 0.6 is 11.8 Å². The first-order valence-electron chi connectivity index (χ1n) is 10.5. The van der Waals surface area contributed by atoms with Gasteiger partial charge in [-0.05, 0) is 43.6 Å². The molecule has 0 saturated carbocycles. The van der Waals surface area contributed by atoms with E-state index in [2.05, 4.69) is 15.1 Å². The van der Waals surface area contributed by atoms with Crippen molar-refractivity contribution in [2.75, 3.05) is 30.3 Å². The number of para-hydroxylation sites is 2. The molecule has 3 aromatic rings. The molecule has 2 aliphatic heterocycles. The summed E-state index contributed by atoms with van der Waals surface area (Å²) < 4.78 is 11.7. The summed E-state index contributed by atoms with van der Waals surface area (Å²) in [5.74, 6) is 1.52. The molecule has 7 nitrogen and oxygen atoms in total. The van der Waals surface area contributed by atoms with E-state index in [4.69, 9.17) is 9.15 Å². The minimum atomic E-state index is -0.183. The molecule has 31 heavy (non-hydrogen) atoms. The molecular formula is C23H24N4O3S. The number of likely N-dealkylation sites (tertiary alicyclic amines) is 1. The third kappa shape index (κ3) is 4.45. The average Bonchev–Trinajstić information content (AvgIpc) is 3.50. The molecule has 1 fully saturated rings. The first-order chi connectivity index (χ1) is 15.3. The van der Waals surface area contributed by atoms with E-state index in [-0.39, 0.29) is 17.7 Å². The molecule has 1 atom stereocenters. The summed E-state index contributed by atoms with van der Waals surface area (Å²) in [6.07, 6.45) is 2.43. The summed E-state index contributed by atoms with van der Waals surface area (Å²) in [4.78, 5) is 17.5. The van der Waals surface area contributed by atoms with Gasteiger partial charge in [-0.3, -0.25) is 14.6 Å². The second-order valence-corrected chi connectivity index (χ2v) is 8.63. The summed E-state index contributed by atoms with van der Waals surface area (Å²) in [7, 11) is 0. The summed E-state index contributed by atoms with van der Waals surface area (Å²) in [5.41, 5.74) is 1.83. The Kier molecular flexibility index (Phi) is 5.90. The molecule has 5 rings (SSSR count). The van der Waals surface area contributed by atoms with Crippen molar-refractivity contribution in [3.05, 3.63) is 66.1 Å². The maximum atomic E-state index is 13.4. The van der Waals surface area contributed by atoms with Crippen molar-refractivity contribution in [1.29, 1.82) is 0 Å². The monoisotopic (exact) mass is 436 g/mol. The van der Waals surface area contributed by atoms with E-state index in [0.717, 1.165) is 30.1 Å². The van der Waals surface area contributed by atoms with Crippen LogP contribution in [0.3, 0.4) is 0 Å². The largest absolute Gasteiger partial charge is 0.489 e. The lowest BCUT2D eigenvalue weighted by Crippen LogP contribution is -2.42. The number of thioether (sulfide) groups is 1. The van der Waals surface area contributed by atoms with Crippen LogP contribution in [0.2, 0.25) is 0 Å². The predicted molar refractivity (Wildman–Crippen MR) is 118 cm³/mol. The van der Waals surface area contributed by atoms with Gasteiger partial charge in [0.05, 0.1) is 24.0 Å². The molecule has 1 amide bonds. The first kappa shape index (κ1) is 20.1. The molecule has 1 aromatic heterocycles. The van der Waals surface area contributed by atoms with E-state index in [1.165, 1.54) is 24.6 Å². The minimum absolute atomic E-state index is 0.0195. The Morgan fingerprint density at radius 3 is 2.65 bits per heavy atom. The van der Waals surface area contributed by atoms with Crippen LogP contribution in [0.25, 0.3) is 0 Å². The molecule has 2 aromatic carbocycles. The zero-order chi connectivity index (χ0) is 21.0. The molecular weight excluding hydrogens is 412 g/mol. The van der Waals surface area contributed by atoms with Crippen molar-refractivity contribution in [1.82, 2.24) is 15.1 Å². The highest BCUT2D eigenvalue weighted by atomic mass is 32.2. The molecule has 0 aliphatic carbocycles. The molecule has 0 N–H and O–H groups in total. The molecule has 0 radical (unpaired) electrons. The second kappa shape index (κ2) is 9.11. The van der Waals surface area contributed by atoms with Gasteiger partial charge in [0.1, 0.15) is 12.4 Å². The number of carbonyl (C=O) groups is 1. The first-order valence-corrected chi connectivity index (χ1v) is 11.5. The highest BCUT2D eigenvalue weighted by Gasteiger charge is 2.33. The lowest BCUT2D eigenvalue weighted by molar-refractivity contribution is -0.117. The van der Waals surface area contributed by atoms with Crippen LogP contribution in [0.15, 0.2) is 64.2 Å². The van der Waals surface area contributed by atoms with E-state index < -0.39 is 0 Å². The van der Waals surface area contributed by atoms with Crippen molar-refractivity contribution in [3.8, 4) is 5.75 Å². The highest BCUT2D eigenvalue weighted by molar-refractivity contribution is 7.99. The summed E-state index contributed by atoms with van der Waals surface area (Å²) in [6, 6.07) is 17.5. The van der Waals surface area contributed by atoms with Gasteiger partial charge in [-0.25, -0.2) is 0 Å². The number of rotatable bonds is 6. The summed E-state index contributed by atoms with van der Waals surface area (Å²) in [6.45, 7) is 3.23. The van der Waals surface area contributed by atoms with Crippen LogP contribution in [0.4, 0.5) is 5.69 Å². The molecule has 8 heteroatoms. The Morgan fingerprint density at radius 2 is 1.81 bits per heavy atom. The van der Waals surface area contributed by atoms with Gasteiger partial charge in [0, 0.05) is 0 Å². The van der Waals surface area contributed by atoms with Gasteiger partial charge in [0.25, 0.3) is 5.22 Å². The van der Waals surface area contributed by atoms with Gasteiger partial charge in [-0.15, -0.1) is 10.2 Å². The van der Waals surface area contributed by atoms with Crippen molar-refractivity contribution in [3.63, 3.8) is 0 Å². The fourth-order valence-corrected chi connectivity index (χ4v) is 4.74. The molecule has 1 saturated heterocycles. The molecule has 0 bridgehead atoms. The van der Waals surface area contributed by atoms with Gasteiger partial charge in [0.2, 0.25) is 11.8 Å². The SMILES string of the molecule is O=C(CSc1nnc(CN2CCCC2)o1)N1c2ccccc2OC[C@H]1c1ccccc1. The Balaban J connectivity index is 1.31. The maximum Gasteiger partial charge on any atom is 0.277 e. The number of fused-ring (bicyclic) bond motifs is 1. The fourth-order valence-electron chi connectivity index (χ4n) is 4.10. The standard InChI is InChI=1S/C23H24N4O3S/c28-22(16-31-23-25-24-21(30-23)14-26-12-6-7-13-26)27-18-10-4-5-11-20(18)29-15-19(27)17-8-2-1-3-9-17/h1-5,8-11,19H,6-7,12-16H2/t19-/m0/s1. The van der Waals surface area contributed by atoms with Crippen LogP contribution in [0.1, 0.15) is 30.3 Å². The van der Waals surface area contributed by atoms with Crippen molar-refractivity contribution in [2.45, 2.75) is 30.7 Å². The van der Waals surface area contributed by atoms with Gasteiger partial charge in [-0.1, -0.05) is 54.2 Å². The summed E-state index contributed by atoms with van der Waals surface area (Å²) >= 11 is 1.28. The van der Waals surface area contributed by atoms with Crippen molar-refractivity contribution >= 4 is 23.4 Å². The smallest absolute Gasteiger partial charge is 0.277 e. The number of carbonyl (C=O) groups excluding carboxylic acids is 1. The second-order valence-electron chi connectivity index (χ2n) is 7.70. The molecule has 2 aliphatic rings. The van der Waals surface area contributed by atoms with Gasteiger partial charge < -0.3 is 9.15 Å². The zero-order valence-electron chi connectivity index (χ0n) is 17.1. The topological polar surface area (TPSA) is 71.7 Å². The Hall–Kier alpha value is -2.84. The minimum Gasteiger partial charge on any atom is -0.489 e. The number of hydrogen-bond acceptors (Lipinski definition) is 7. The Morgan fingerprint density at radius 1 is 1.03 bits per heavy atom. The maximum absolute atomic E-state index is 13.4. The van der Waals surface area contributed by atoms with Gasteiger partial charge in [0.15, 0.2) is 0 Å². The highest BCUT2D eigenvalue weighted by Crippen LogP contribution is 2.39. The predicted octanol–water partition coefficient (Wildman–Crippen LogP) is 3.92. The van der Waals surface area contributed by atoms with E-state index in [9.17, 15) is 4.79 Å². The van der Waals surface area contributed by atoms with E-state index in [1.54, 1.807) is 0 Å². The van der Waals surface area contributed by atoms with E-state index in [1.807, 2.05) is 59.5 Å². The quantitative estimate of drug-likeness (QED) is 0.542. The van der Waals surface area contributed by atoms with E-state index in [0.29, 0.717) is 24.3 Å². The van der Waals surface area contributed by atoms with E-state index >= 15 is 0 Å². The Bertz CT molecular complexity index is 1040. The molecule has 3 heterocycles. The number of hydrogen-bond donors (Lipinski definition) is 0. The number of ether oxygens (including phenoxy) is 1. The van der Waals surface area contributed by atoms with Crippen LogP contribution in [-0.4, -0.2) is 46.5 Å². The normalized spacial score (nSPS) is 18.6. The Labute approximate surface area is 185 Å². The average molecular weight is 437 g/mol. The fraction of sp³-hybridized carbons (Fsp3) is 0.348. The van der Waals surface area contributed by atoms with Crippen molar-refractivity contribution < 1.29 is 13.9 Å². The van der Waals surface area contributed by atoms with Crippen LogP contribution in [0.5, 0.6) is 5.75 Å². The van der Waals surface area contributed by atoms with Crippen molar-refractivity contribution in [2.24, 2.45) is 0 Å².